The Balaban J connectivity index is 1.53. The molecule has 1 N–H and O–H groups in total. The molecule has 0 aliphatic carbocycles. The Morgan fingerprint density at radius 2 is 1.70 bits per heavy atom. The first-order chi connectivity index (χ1) is 13.1. The fourth-order valence-corrected chi connectivity index (χ4v) is 3.09. The average molecular weight is 488 g/mol. The first-order valence-corrected chi connectivity index (χ1v) is 9.76. The molecule has 3 rings (SSSR count). The monoisotopic (exact) mass is 486 g/mol. The van der Waals surface area contributed by atoms with Crippen LogP contribution in [0.5, 0.6) is 5.75 Å². The van der Waals surface area contributed by atoms with Gasteiger partial charge >= 0.3 is 0 Å². The van der Waals surface area contributed by atoms with E-state index in [1.54, 1.807) is 6.21 Å². The molecule has 0 unspecified atom stereocenters. The lowest BCUT2D eigenvalue weighted by molar-refractivity contribution is -0.123. The van der Waals surface area contributed by atoms with Gasteiger partial charge in [0.05, 0.1) is 10.7 Å². The van der Waals surface area contributed by atoms with Gasteiger partial charge in [0.15, 0.2) is 6.61 Å². The summed E-state index contributed by atoms with van der Waals surface area (Å²) in [6, 6.07) is 23.4. The second kappa shape index (κ2) is 9.48. The number of hydrazone groups is 1. The van der Waals surface area contributed by atoms with Crippen molar-refractivity contribution < 1.29 is 9.53 Å². The van der Waals surface area contributed by atoms with Crippen LogP contribution < -0.4 is 10.2 Å². The third-order valence-electron chi connectivity index (χ3n) is 3.67. The smallest absolute Gasteiger partial charge is 0.277 e. The van der Waals surface area contributed by atoms with E-state index in [1.165, 1.54) is 0 Å². The van der Waals surface area contributed by atoms with Crippen molar-refractivity contribution in [3.05, 3.63) is 87.3 Å². The molecule has 1 amide bonds. The molecule has 3 aromatic carbocycles. The number of carbonyl (C=O) groups excluding carboxylic acids is 1. The van der Waals surface area contributed by atoms with Crippen LogP contribution >= 0.6 is 31.9 Å². The van der Waals surface area contributed by atoms with E-state index >= 15 is 0 Å². The van der Waals surface area contributed by atoms with Crippen molar-refractivity contribution in [2.24, 2.45) is 5.10 Å². The Labute approximate surface area is 174 Å². The molecule has 0 fully saturated rings. The molecule has 0 aromatic heterocycles. The van der Waals surface area contributed by atoms with E-state index in [1.807, 2.05) is 72.8 Å². The normalized spacial score (nSPS) is 10.7. The molecule has 0 aliphatic heterocycles. The summed E-state index contributed by atoms with van der Waals surface area (Å²) in [5.41, 5.74) is 5.52. The van der Waals surface area contributed by atoms with E-state index in [2.05, 4.69) is 42.4 Å². The van der Waals surface area contributed by atoms with Gasteiger partial charge in [0, 0.05) is 4.47 Å². The highest BCUT2D eigenvalue weighted by molar-refractivity contribution is 9.10. The summed E-state index contributed by atoms with van der Waals surface area (Å²) in [5, 5.41) is 3.93. The van der Waals surface area contributed by atoms with Crippen LogP contribution in [0.1, 0.15) is 5.56 Å². The molecule has 0 aliphatic rings. The largest absolute Gasteiger partial charge is 0.483 e. The molecule has 0 heterocycles. The minimum Gasteiger partial charge on any atom is -0.483 e. The maximum atomic E-state index is 11.9. The van der Waals surface area contributed by atoms with Crippen molar-refractivity contribution in [1.29, 1.82) is 0 Å². The summed E-state index contributed by atoms with van der Waals surface area (Å²) in [7, 11) is 0. The Bertz CT molecular complexity index is 942. The van der Waals surface area contributed by atoms with Gasteiger partial charge in [-0.3, -0.25) is 4.79 Å². The molecule has 0 saturated heterocycles. The van der Waals surface area contributed by atoms with Crippen LogP contribution in [0.2, 0.25) is 0 Å². The summed E-state index contributed by atoms with van der Waals surface area (Å²) in [5.74, 6) is 0.268. The molecule has 27 heavy (non-hydrogen) atoms. The molecule has 0 bridgehead atoms. The summed E-state index contributed by atoms with van der Waals surface area (Å²) in [6.45, 7) is -0.124. The molecule has 4 nitrogen and oxygen atoms in total. The molecule has 3 aromatic rings. The molecule has 136 valence electrons. The number of nitrogens with one attached hydrogen (secondary N) is 1. The summed E-state index contributed by atoms with van der Waals surface area (Å²) in [6.07, 6.45) is 1.58. The molecule has 6 heteroatoms. The highest BCUT2D eigenvalue weighted by Crippen LogP contribution is 2.30. The Morgan fingerprint density at radius 3 is 2.41 bits per heavy atom. The van der Waals surface area contributed by atoms with Gasteiger partial charge in [0.2, 0.25) is 0 Å². The van der Waals surface area contributed by atoms with Crippen LogP contribution in [0.3, 0.4) is 0 Å². The fraction of sp³-hybridized carbons (Fsp3) is 0.0476. The quantitative estimate of drug-likeness (QED) is 0.373. The zero-order valence-electron chi connectivity index (χ0n) is 14.2. The van der Waals surface area contributed by atoms with Crippen molar-refractivity contribution in [3.8, 4) is 16.9 Å². The van der Waals surface area contributed by atoms with Crippen molar-refractivity contribution in [3.63, 3.8) is 0 Å². The Morgan fingerprint density at radius 1 is 0.963 bits per heavy atom. The van der Waals surface area contributed by atoms with Gasteiger partial charge in [-0.2, -0.15) is 5.10 Å². The fourth-order valence-electron chi connectivity index (χ4n) is 2.33. The van der Waals surface area contributed by atoms with Gasteiger partial charge in [-0.25, -0.2) is 5.43 Å². The molecule has 0 spiro atoms. The van der Waals surface area contributed by atoms with E-state index in [0.717, 1.165) is 25.6 Å². The Kier molecular flexibility index (Phi) is 6.79. The van der Waals surface area contributed by atoms with Crippen molar-refractivity contribution >= 4 is 44.0 Å². The highest BCUT2D eigenvalue weighted by Gasteiger charge is 2.07. The summed E-state index contributed by atoms with van der Waals surface area (Å²) < 4.78 is 7.34. The number of rotatable bonds is 6. The number of halogens is 2. The number of hydrogen-bond donors (Lipinski definition) is 1. The first kappa shape index (κ1) is 19.3. The van der Waals surface area contributed by atoms with Crippen molar-refractivity contribution in [1.82, 2.24) is 5.43 Å². The maximum Gasteiger partial charge on any atom is 0.277 e. The highest BCUT2D eigenvalue weighted by atomic mass is 79.9. The lowest BCUT2D eigenvalue weighted by atomic mass is 10.1. The van der Waals surface area contributed by atoms with E-state index in [4.69, 9.17) is 4.74 Å². The van der Waals surface area contributed by atoms with Crippen LogP contribution in [0, 0.1) is 0 Å². The van der Waals surface area contributed by atoms with E-state index in [9.17, 15) is 4.79 Å². The average Bonchev–Trinajstić information content (AvgIpc) is 2.69. The van der Waals surface area contributed by atoms with Gasteiger partial charge in [-0.05, 0) is 56.9 Å². The van der Waals surface area contributed by atoms with E-state index in [0.29, 0.717) is 5.75 Å². The van der Waals surface area contributed by atoms with Crippen LogP contribution in [-0.4, -0.2) is 18.7 Å². The standard InChI is InChI=1S/C21H16Br2N2O2/c22-18-9-6-15(7-10-18)13-24-25-21(26)14-27-20-11-8-17(12-19(20)23)16-4-2-1-3-5-16/h1-13H,14H2,(H,25,26)/b24-13+. The molecule has 0 atom stereocenters. The predicted octanol–water partition coefficient (Wildman–Crippen LogP) is 5.41. The lowest BCUT2D eigenvalue weighted by Crippen LogP contribution is -2.24. The first-order valence-electron chi connectivity index (χ1n) is 8.17. The zero-order valence-corrected chi connectivity index (χ0v) is 17.4. The molecule has 0 radical (unpaired) electrons. The second-order valence-corrected chi connectivity index (χ2v) is 7.41. The lowest BCUT2D eigenvalue weighted by Gasteiger charge is -2.09. The van der Waals surface area contributed by atoms with Gasteiger partial charge < -0.3 is 4.74 Å². The van der Waals surface area contributed by atoms with Gasteiger partial charge in [0.1, 0.15) is 5.75 Å². The molecule has 0 saturated carbocycles. The minimum atomic E-state index is -0.331. The van der Waals surface area contributed by atoms with Crippen molar-refractivity contribution in [2.45, 2.75) is 0 Å². The number of carbonyl (C=O) groups is 1. The topological polar surface area (TPSA) is 50.7 Å². The SMILES string of the molecule is O=C(COc1ccc(-c2ccccc2)cc1Br)N/N=C/c1ccc(Br)cc1. The maximum absolute atomic E-state index is 11.9. The molecular formula is C21H16Br2N2O2. The van der Waals surface area contributed by atoms with Gasteiger partial charge in [-0.15, -0.1) is 0 Å². The van der Waals surface area contributed by atoms with Gasteiger partial charge in [0.25, 0.3) is 5.91 Å². The Hall–Kier alpha value is -2.44. The number of ether oxygens (including phenoxy) is 1. The number of hydrogen-bond acceptors (Lipinski definition) is 3. The number of nitrogens with zero attached hydrogens (tertiary/aromatic N) is 1. The third kappa shape index (κ3) is 5.77. The predicted molar refractivity (Wildman–Crippen MR) is 115 cm³/mol. The zero-order chi connectivity index (χ0) is 19.1. The van der Waals surface area contributed by atoms with Crippen LogP contribution in [0.15, 0.2) is 86.8 Å². The van der Waals surface area contributed by atoms with Crippen molar-refractivity contribution in [2.75, 3.05) is 6.61 Å². The van der Waals surface area contributed by atoms with Crippen LogP contribution in [0.25, 0.3) is 11.1 Å². The van der Waals surface area contributed by atoms with E-state index in [-0.39, 0.29) is 12.5 Å². The van der Waals surface area contributed by atoms with Gasteiger partial charge in [-0.1, -0.05) is 64.5 Å². The van der Waals surface area contributed by atoms with Crippen LogP contribution in [-0.2, 0) is 4.79 Å². The van der Waals surface area contributed by atoms with Crippen LogP contribution in [0.4, 0.5) is 0 Å². The summed E-state index contributed by atoms with van der Waals surface area (Å²) in [4.78, 5) is 11.9. The summed E-state index contributed by atoms with van der Waals surface area (Å²) >= 11 is 6.86. The van der Waals surface area contributed by atoms with E-state index < -0.39 is 0 Å². The second-order valence-electron chi connectivity index (χ2n) is 5.64. The number of benzene rings is 3. The molecular weight excluding hydrogens is 472 g/mol. The third-order valence-corrected chi connectivity index (χ3v) is 4.82. The minimum absolute atomic E-state index is 0.124. The number of amides is 1.